The second-order valence-electron chi connectivity index (χ2n) is 4.36. The van der Waals surface area contributed by atoms with E-state index in [-0.39, 0.29) is 5.56 Å². The Bertz CT molecular complexity index is 680. The van der Waals surface area contributed by atoms with Crippen molar-refractivity contribution >= 4 is 23.4 Å². The van der Waals surface area contributed by atoms with Crippen molar-refractivity contribution in [3.8, 4) is 0 Å². The lowest BCUT2D eigenvalue weighted by Gasteiger charge is -2.07. The summed E-state index contributed by atoms with van der Waals surface area (Å²) in [5.74, 6) is -1.10. The summed E-state index contributed by atoms with van der Waals surface area (Å²) in [6, 6.07) is 0.848. The topological polar surface area (TPSA) is 109 Å². The van der Waals surface area contributed by atoms with Crippen LogP contribution in [0.25, 0.3) is 0 Å². The number of aryl methyl sites for hydroxylation is 2. The SMILES string of the molecule is CCc1nn(C)cc1NC(=O)Nc1cncc(C(=O)O)c1. The number of anilines is 2. The third kappa shape index (κ3) is 3.56. The average Bonchev–Trinajstić information content (AvgIpc) is 2.78. The molecule has 8 heteroatoms. The Morgan fingerprint density at radius 3 is 2.76 bits per heavy atom. The second kappa shape index (κ2) is 6.04. The van der Waals surface area contributed by atoms with E-state index in [0.717, 1.165) is 5.69 Å². The van der Waals surface area contributed by atoms with E-state index in [2.05, 4.69) is 20.7 Å². The summed E-state index contributed by atoms with van der Waals surface area (Å²) in [5, 5.41) is 18.3. The van der Waals surface area contributed by atoms with Crippen LogP contribution in [0.2, 0.25) is 0 Å². The molecule has 0 aromatic carbocycles. The molecule has 3 N–H and O–H groups in total. The number of nitrogens with zero attached hydrogens (tertiary/aromatic N) is 3. The number of rotatable bonds is 4. The molecule has 0 unspecified atom stereocenters. The zero-order chi connectivity index (χ0) is 15.4. The molecule has 0 bridgehead atoms. The molecule has 2 amide bonds. The third-order valence-corrected chi connectivity index (χ3v) is 2.73. The molecule has 8 nitrogen and oxygen atoms in total. The predicted molar refractivity (Wildman–Crippen MR) is 76.4 cm³/mol. The monoisotopic (exact) mass is 289 g/mol. The number of aromatic nitrogens is 3. The molecule has 0 fully saturated rings. The summed E-state index contributed by atoms with van der Waals surface area (Å²) in [4.78, 5) is 26.5. The van der Waals surface area contributed by atoms with Gasteiger partial charge in [-0.1, -0.05) is 6.92 Å². The largest absolute Gasteiger partial charge is 0.478 e. The number of carbonyl (C=O) groups excluding carboxylic acids is 1. The third-order valence-electron chi connectivity index (χ3n) is 2.73. The number of nitrogens with one attached hydrogen (secondary N) is 2. The average molecular weight is 289 g/mol. The summed E-state index contributed by atoms with van der Waals surface area (Å²) >= 11 is 0. The lowest BCUT2D eigenvalue weighted by molar-refractivity contribution is 0.0696. The molecule has 2 heterocycles. The summed E-state index contributed by atoms with van der Waals surface area (Å²) in [5.41, 5.74) is 1.68. The molecule has 110 valence electrons. The number of pyridine rings is 1. The van der Waals surface area contributed by atoms with Gasteiger partial charge in [0, 0.05) is 19.4 Å². The maximum atomic E-state index is 11.9. The number of aromatic carboxylic acids is 1. The van der Waals surface area contributed by atoms with Gasteiger partial charge < -0.3 is 15.7 Å². The molecule has 0 spiro atoms. The maximum Gasteiger partial charge on any atom is 0.337 e. The first-order valence-corrected chi connectivity index (χ1v) is 6.28. The quantitative estimate of drug-likeness (QED) is 0.794. The van der Waals surface area contributed by atoms with Gasteiger partial charge in [0.2, 0.25) is 0 Å². The zero-order valence-corrected chi connectivity index (χ0v) is 11.6. The highest BCUT2D eigenvalue weighted by Crippen LogP contribution is 2.15. The fraction of sp³-hybridized carbons (Fsp3) is 0.231. The van der Waals surface area contributed by atoms with Gasteiger partial charge in [0.25, 0.3) is 0 Å². The van der Waals surface area contributed by atoms with E-state index in [1.54, 1.807) is 17.9 Å². The van der Waals surface area contributed by atoms with Gasteiger partial charge >= 0.3 is 12.0 Å². The smallest absolute Gasteiger partial charge is 0.337 e. The van der Waals surface area contributed by atoms with Gasteiger partial charge in [-0.3, -0.25) is 9.67 Å². The lowest BCUT2D eigenvalue weighted by atomic mass is 10.2. The number of urea groups is 1. The van der Waals surface area contributed by atoms with Crippen molar-refractivity contribution in [1.82, 2.24) is 14.8 Å². The first-order valence-electron chi connectivity index (χ1n) is 6.28. The van der Waals surface area contributed by atoms with E-state index in [1.165, 1.54) is 18.5 Å². The minimum Gasteiger partial charge on any atom is -0.478 e. The van der Waals surface area contributed by atoms with Crippen LogP contribution in [-0.4, -0.2) is 31.9 Å². The van der Waals surface area contributed by atoms with Crippen LogP contribution in [0.15, 0.2) is 24.7 Å². The van der Waals surface area contributed by atoms with Crippen LogP contribution in [0, 0.1) is 0 Å². The normalized spacial score (nSPS) is 10.2. The van der Waals surface area contributed by atoms with Crippen LogP contribution in [0.3, 0.4) is 0 Å². The van der Waals surface area contributed by atoms with Gasteiger partial charge in [0.15, 0.2) is 0 Å². The zero-order valence-electron chi connectivity index (χ0n) is 11.6. The van der Waals surface area contributed by atoms with Crippen molar-refractivity contribution < 1.29 is 14.7 Å². The highest BCUT2D eigenvalue weighted by atomic mass is 16.4. The van der Waals surface area contributed by atoms with Crippen LogP contribution in [0.4, 0.5) is 16.2 Å². The minimum atomic E-state index is -1.10. The number of hydrogen-bond donors (Lipinski definition) is 3. The molecule has 0 atom stereocenters. The molecule has 2 aromatic heterocycles. The molecule has 0 saturated heterocycles. The van der Waals surface area contributed by atoms with Crippen LogP contribution in [-0.2, 0) is 13.5 Å². The molecule has 0 aliphatic carbocycles. The van der Waals surface area contributed by atoms with Gasteiger partial charge in [-0.25, -0.2) is 9.59 Å². The fourth-order valence-corrected chi connectivity index (χ4v) is 1.81. The number of carbonyl (C=O) groups is 2. The standard InChI is InChI=1S/C13H15N5O3/c1-3-10-11(7-18(2)17-10)16-13(21)15-9-4-8(12(19)20)5-14-6-9/h4-7H,3H2,1-2H3,(H,19,20)(H2,15,16,21). The van der Waals surface area contributed by atoms with E-state index >= 15 is 0 Å². The van der Waals surface area contributed by atoms with E-state index in [9.17, 15) is 9.59 Å². The van der Waals surface area contributed by atoms with Crippen LogP contribution < -0.4 is 10.6 Å². The van der Waals surface area contributed by atoms with E-state index in [4.69, 9.17) is 5.11 Å². The molecule has 2 aromatic rings. The molecule has 0 saturated carbocycles. The van der Waals surface area contributed by atoms with E-state index in [0.29, 0.717) is 17.8 Å². The van der Waals surface area contributed by atoms with Gasteiger partial charge in [-0.05, 0) is 12.5 Å². The predicted octanol–water partition coefficient (Wildman–Crippen LogP) is 1.72. The van der Waals surface area contributed by atoms with Crippen molar-refractivity contribution in [1.29, 1.82) is 0 Å². The van der Waals surface area contributed by atoms with Crippen LogP contribution in [0.1, 0.15) is 23.0 Å². The molecular weight excluding hydrogens is 274 g/mol. The lowest BCUT2D eigenvalue weighted by Crippen LogP contribution is -2.20. The summed E-state index contributed by atoms with van der Waals surface area (Å²) in [6.07, 6.45) is 4.97. The molecule has 21 heavy (non-hydrogen) atoms. The Labute approximate surface area is 120 Å². The Morgan fingerprint density at radius 2 is 2.10 bits per heavy atom. The van der Waals surface area contributed by atoms with Gasteiger partial charge in [0.1, 0.15) is 0 Å². The summed E-state index contributed by atoms with van der Waals surface area (Å²) < 4.78 is 1.61. The number of hydrogen-bond acceptors (Lipinski definition) is 4. The minimum absolute atomic E-state index is 0.00317. The summed E-state index contributed by atoms with van der Waals surface area (Å²) in [7, 11) is 1.77. The van der Waals surface area contributed by atoms with Crippen molar-refractivity contribution in [3.05, 3.63) is 35.9 Å². The van der Waals surface area contributed by atoms with Gasteiger partial charge in [-0.2, -0.15) is 5.10 Å². The Balaban J connectivity index is 2.08. The van der Waals surface area contributed by atoms with Crippen molar-refractivity contribution in [2.45, 2.75) is 13.3 Å². The van der Waals surface area contributed by atoms with Crippen molar-refractivity contribution in [2.24, 2.45) is 7.05 Å². The highest BCUT2D eigenvalue weighted by Gasteiger charge is 2.11. The molecule has 0 radical (unpaired) electrons. The summed E-state index contributed by atoms with van der Waals surface area (Å²) in [6.45, 7) is 1.94. The Kier molecular flexibility index (Phi) is 4.17. The first-order chi connectivity index (χ1) is 9.99. The van der Waals surface area contributed by atoms with Crippen molar-refractivity contribution in [3.63, 3.8) is 0 Å². The van der Waals surface area contributed by atoms with Crippen LogP contribution >= 0.6 is 0 Å². The van der Waals surface area contributed by atoms with E-state index < -0.39 is 12.0 Å². The molecule has 0 aliphatic rings. The van der Waals surface area contributed by atoms with E-state index in [1.807, 2.05) is 6.92 Å². The maximum absolute atomic E-state index is 11.9. The second-order valence-corrected chi connectivity index (χ2v) is 4.36. The Hall–Kier alpha value is -2.90. The number of carboxylic acids is 1. The number of amides is 2. The molecular formula is C13H15N5O3. The number of carboxylic acid groups (broad SMARTS) is 1. The Morgan fingerprint density at radius 1 is 1.33 bits per heavy atom. The van der Waals surface area contributed by atoms with Crippen LogP contribution in [0.5, 0.6) is 0 Å². The van der Waals surface area contributed by atoms with Gasteiger partial charge in [-0.15, -0.1) is 0 Å². The fourth-order valence-electron chi connectivity index (χ4n) is 1.81. The molecule has 0 aliphatic heterocycles. The molecule has 2 rings (SSSR count). The highest BCUT2D eigenvalue weighted by molar-refractivity contribution is 6.00. The van der Waals surface area contributed by atoms with Gasteiger partial charge in [0.05, 0.1) is 28.8 Å². The van der Waals surface area contributed by atoms with Crippen molar-refractivity contribution in [2.75, 3.05) is 10.6 Å². The first kappa shape index (κ1) is 14.5.